The number of benzene rings is 1. The first-order valence-electron chi connectivity index (χ1n) is 7.83. The van der Waals surface area contributed by atoms with Gasteiger partial charge in [-0.3, -0.25) is 14.3 Å². The van der Waals surface area contributed by atoms with Gasteiger partial charge in [0.05, 0.1) is 12.2 Å². The molecule has 1 fully saturated rings. The van der Waals surface area contributed by atoms with Crippen molar-refractivity contribution in [1.82, 2.24) is 4.57 Å². The Morgan fingerprint density at radius 3 is 2.65 bits per heavy atom. The smallest absolute Gasteiger partial charge is 0.415 e. The second-order valence-electron chi connectivity index (χ2n) is 6.82. The van der Waals surface area contributed by atoms with Crippen molar-refractivity contribution in [2.24, 2.45) is 10.9 Å². The largest absolute Gasteiger partial charge is 0.434 e. The number of rotatable bonds is 3. The molecule has 10 heteroatoms. The van der Waals surface area contributed by atoms with Crippen molar-refractivity contribution < 1.29 is 28.0 Å². The minimum absolute atomic E-state index is 0.0741. The molecule has 3 rings (SSSR count). The predicted molar refractivity (Wildman–Crippen MR) is 88.5 cm³/mol. The second-order valence-corrected chi connectivity index (χ2v) is 6.82. The maximum Gasteiger partial charge on any atom is 0.415 e. The van der Waals surface area contributed by atoms with E-state index in [4.69, 9.17) is 19.7 Å². The highest BCUT2D eigenvalue weighted by atomic mass is 19.1. The maximum absolute atomic E-state index is 14.9. The van der Waals surface area contributed by atoms with Crippen LogP contribution in [-0.4, -0.2) is 36.3 Å². The maximum atomic E-state index is 14.9. The van der Waals surface area contributed by atoms with Crippen LogP contribution in [0.1, 0.15) is 20.8 Å². The highest BCUT2D eigenvalue weighted by molar-refractivity contribution is 5.96. The van der Waals surface area contributed by atoms with Crippen molar-refractivity contribution in [2.75, 3.05) is 18.6 Å². The lowest BCUT2D eigenvalue weighted by Gasteiger charge is -2.21. The van der Waals surface area contributed by atoms with Crippen molar-refractivity contribution in [2.45, 2.75) is 32.4 Å². The minimum atomic E-state index is -1.09. The molecule has 2 N–H and O–H groups in total. The van der Waals surface area contributed by atoms with E-state index in [9.17, 15) is 14.0 Å². The van der Waals surface area contributed by atoms with Crippen LogP contribution in [0, 0.1) is 5.82 Å². The zero-order chi connectivity index (χ0) is 19.2. The zero-order valence-electron chi connectivity index (χ0n) is 14.8. The molecule has 9 nitrogen and oxygen atoms in total. The number of amides is 2. The zero-order valence-corrected chi connectivity index (χ0v) is 14.8. The first-order valence-corrected chi connectivity index (χ1v) is 7.83. The molecule has 2 amide bonds. The molecule has 140 valence electrons. The van der Waals surface area contributed by atoms with E-state index in [2.05, 4.69) is 5.16 Å². The normalized spacial score (nSPS) is 18.5. The van der Waals surface area contributed by atoms with Crippen LogP contribution in [0.15, 0.2) is 21.7 Å². The van der Waals surface area contributed by atoms with E-state index in [0.29, 0.717) is 0 Å². The van der Waals surface area contributed by atoms with E-state index in [1.54, 1.807) is 4.57 Å². The third-order valence-corrected chi connectivity index (χ3v) is 3.91. The summed E-state index contributed by atoms with van der Waals surface area (Å²) in [5.41, 5.74) is 5.21. The summed E-state index contributed by atoms with van der Waals surface area (Å²) in [7, 11) is 1.35. The molecule has 0 unspecified atom stereocenters. The molecule has 1 atom stereocenters. The molecule has 0 bridgehead atoms. The van der Waals surface area contributed by atoms with Gasteiger partial charge in [0, 0.05) is 17.7 Å². The van der Waals surface area contributed by atoms with E-state index in [1.165, 1.54) is 19.2 Å². The Labute approximate surface area is 147 Å². The fourth-order valence-electron chi connectivity index (χ4n) is 2.83. The Morgan fingerprint density at radius 1 is 1.42 bits per heavy atom. The molecule has 1 aliphatic heterocycles. The number of carbonyl (C=O) groups is 2. The predicted octanol–water partition coefficient (Wildman–Crippen LogP) is 1.40. The third kappa shape index (κ3) is 2.87. The van der Waals surface area contributed by atoms with Gasteiger partial charge in [-0.25, -0.2) is 9.18 Å². The number of aromatic nitrogens is 1. The number of cyclic esters (lactones) is 1. The van der Waals surface area contributed by atoms with E-state index < -0.39 is 29.5 Å². The van der Waals surface area contributed by atoms with Crippen LogP contribution in [0.25, 0.3) is 11.1 Å². The molecule has 26 heavy (non-hydrogen) atoms. The number of nitrogens with two attached hydrogens (primary N) is 1. The molecule has 0 radical (unpaired) electrons. The van der Waals surface area contributed by atoms with Gasteiger partial charge < -0.3 is 19.7 Å². The summed E-state index contributed by atoms with van der Waals surface area (Å²) in [6.45, 7) is 5.48. The summed E-state index contributed by atoms with van der Waals surface area (Å²) in [4.78, 5) is 29.1. The monoisotopic (exact) mass is 366 g/mol. The van der Waals surface area contributed by atoms with E-state index >= 15 is 0 Å². The quantitative estimate of drug-likeness (QED) is 0.825. The molecule has 0 saturated carbocycles. The fourth-order valence-corrected chi connectivity index (χ4v) is 2.83. The summed E-state index contributed by atoms with van der Waals surface area (Å²) in [5, 5.41) is 3.79. The van der Waals surface area contributed by atoms with Gasteiger partial charge in [0.25, 0.3) is 5.91 Å². The summed E-state index contributed by atoms with van der Waals surface area (Å²) < 4.78 is 26.9. The van der Waals surface area contributed by atoms with Crippen molar-refractivity contribution in [3.05, 3.63) is 23.6 Å². The van der Waals surface area contributed by atoms with Crippen LogP contribution >= 0.6 is 0 Å². The second kappa shape index (κ2) is 6.04. The Kier molecular flexibility index (Phi) is 4.13. The van der Waals surface area contributed by atoms with Crippen LogP contribution < -0.4 is 16.3 Å². The van der Waals surface area contributed by atoms with E-state index in [0.717, 1.165) is 4.90 Å². The van der Waals surface area contributed by atoms with Gasteiger partial charge in [-0.15, -0.1) is 0 Å². The molecule has 0 spiro atoms. The summed E-state index contributed by atoms with van der Waals surface area (Å²) in [5.74, 6) is -1.39. The number of hydrogen-bond acceptors (Lipinski definition) is 6. The Balaban J connectivity index is 2.17. The van der Waals surface area contributed by atoms with Crippen LogP contribution in [0.3, 0.4) is 0 Å². The molecule has 2 aromatic rings. The average Bonchev–Trinajstić information content (AvgIpc) is 3.08. The number of anilines is 1. The Morgan fingerprint density at radius 2 is 2.12 bits per heavy atom. The molecule has 1 aromatic heterocycles. The van der Waals surface area contributed by atoms with Gasteiger partial charge in [0.2, 0.25) is 0 Å². The highest BCUT2D eigenvalue weighted by Crippen LogP contribution is 2.30. The van der Waals surface area contributed by atoms with Crippen LogP contribution in [0.2, 0.25) is 0 Å². The first-order chi connectivity index (χ1) is 12.1. The summed E-state index contributed by atoms with van der Waals surface area (Å²) >= 11 is 0. The van der Waals surface area contributed by atoms with Gasteiger partial charge >= 0.3 is 11.8 Å². The van der Waals surface area contributed by atoms with Crippen molar-refractivity contribution in [1.29, 1.82) is 0 Å². The van der Waals surface area contributed by atoms with Gasteiger partial charge in [-0.1, -0.05) is 0 Å². The lowest BCUT2D eigenvalue weighted by Crippen LogP contribution is -2.32. The van der Waals surface area contributed by atoms with E-state index in [-0.39, 0.29) is 29.0 Å². The van der Waals surface area contributed by atoms with E-state index in [1.807, 2.05) is 20.8 Å². The Bertz CT molecular complexity index is 956. The molecular weight excluding hydrogens is 347 g/mol. The number of oxazole rings is 1. The Hall–Kier alpha value is -3.04. The van der Waals surface area contributed by atoms with Crippen LogP contribution in [0.4, 0.5) is 14.9 Å². The third-order valence-electron chi connectivity index (χ3n) is 3.91. The average molecular weight is 366 g/mol. The number of carbonyl (C=O) groups excluding carboxylic acids is 2. The molecule has 2 heterocycles. The van der Waals surface area contributed by atoms with Gasteiger partial charge in [0.15, 0.2) is 17.5 Å². The number of halogens is 1. The van der Waals surface area contributed by atoms with Crippen molar-refractivity contribution in [3.8, 4) is 0 Å². The lowest BCUT2D eigenvalue weighted by atomic mass is 10.1. The summed E-state index contributed by atoms with van der Waals surface area (Å²) in [6.07, 6.45) is -1.87. The summed E-state index contributed by atoms with van der Waals surface area (Å²) in [6, 6.07) is 2.64. The van der Waals surface area contributed by atoms with Crippen molar-refractivity contribution in [3.63, 3.8) is 0 Å². The molecule has 0 aliphatic carbocycles. The molecule has 1 aliphatic rings. The first kappa shape index (κ1) is 17.8. The topological polar surface area (TPSA) is 112 Å². The SMILES string of the molecule is CO/N=c1\oc2cc(N3C[C@H](C(N)=O)OC3=O)cc(F)c2n1C(C)(C)C. The number of nitrogens with zero attached hydrogens (tertiary/aromatic N) is 3. The number of ether oxygens (including phenoxy) is 1. The number of primary amides is 1. The molecular formula is C16H19FN4O5. The van der Waals surface area contributed by atoms with Gasteiger partial charge in [-0.05, 0) is 25.9 Å². The van der Waals surface area contributed by atoms with Crippen LogP contribution in [-0.2, 0) is 19.9 Å². The fraction of sp³-hybridized carbons (Fsp3) is 0.438. The molecule has 1 aromatic carbocycles. The van der Waals surface area contributed by atoms with Crippen LogP contribution in [0.5, 0.6) is 0 Å². The molecule has 1 saturated heterocycles. The number of hydrogen-bond donors (Lipinski definition) is 1. The van der Waals surface area contributed by atoms with Gasteiger partial charge in [0.1, 0.15) is 12.6 Å². The minimum Gasteiger partial charge on any atom is -0.434 e. The number of fused-ring (bicyclic) bond motifs is 1. The standard InChI is InChI=1S/C16H19FN4O5/c1-16(2,3)21-12-9(17)5-8(6-10(12)25-14(21)19-24-4)20-7-11(13(18)22)26-15(20)23/h5-6,11H,7H2,1-4H3,(H2,18,22)/b19-14-/t11-/m1/s1. The highest BCUT2D eigenvalue weighted by Gasteiger charge is 2.36. The van der Waals surface area contributed by atoms with Gasteiger partial charge in [-0.2, -0.15) is 0 Å². The lowest BCUT2D eigenvalue weighted by molar-refractivity contribution is -0.124. The van der Waals surface area contributed by atoms with Crippen molar-refractivity contribution >= 4 is 28.8 Å².